The second-order valence-electron chi connectivity index (χ2n) is 3.85. The van der Waals surface area contributed by atoms with Crippen LogP contribution in [0.4, 0.5) is 0 Å². The molecule has 0 radical (unpaired) electrons. The Kier molecular flexibility index (Phi) is 3.89. The molecule has 0 fully saturated rings. The minimum atomic E-state index is -0.762. The predicted octanol–water partition coefficient (Wildman–Crippen LogP) is 2.63. The van der Waals surface area contributed by atoms with Crippen LogP contribution in [0.2, 0.25) is 0 Å². The molecule has 5 heteroatoms. The van der Waals surface area contributed by atoms with E-state index in [1.165, 1.54) is 0 Å². The van der Waals surface area contributed by atoms with Gasteiger partial charge in [-0.15, -0.1) is 0 Å². The molecule has 0 saturated carbocycles. The van der Waals surface area contributed by atoms with Crippen LogP contribution < -0.4 is 9.47 Å². The third-order valence-electron chi connectivity index (χ3n) is 2.51. The van der Waals surface area contributed by atoms with Gasteiger partial charge in [0.2, 0.25) is 0 Å². The highest BCUT2D eigenvalue weighted by Crippen LogP contribution is 2.38. The van der Waals surface area contributed by atoms with Crippen molar-refractivity contribution in [1.82, 2.24) is 0 Å². The molecule has 1 aliphatic rings. The summed E-state index contributed by atoms with van der Waals surface area (Å²) >= 11 is 3.43. The van der Waals surface area contributed by atoms with Gasteiger partial charge in [0.15, 0.2) is 11.5 Å². The molecule has 17 heavy (non-hydrogen) atoms. The van der Waals surface area contributed by atoms with Crippen molar-refractivity contribution in [3.05, 3.63) is 22.2 Å². The van der Waals surface area contributed by atoms with E-state index in [2.05, 4.69) is 15.9 Å². The van der Waals surface area contributed by atoms with Crippen molar-refractivity contribution in [2.75, 3.05) is 13.2 Å². The molecule has 0 aromatic heterocycles. The minimum Gasteiger partial charge on any atom is -0.486 e. The second-order valence-corrected chi connectivity index (χ2v) is 4.70. The largest absolute Gasteiger partial charge is 0.486 e. The summed E-state index contributed by atoms with van der Waals surface area (Å²) in [5, 5.41) is 8.58. The number of aliphatic carboxylic acids is 1. The van der Waals surface area contributed by atoms with Gasteiger partial charge in [-0.25, -0.2) is 0 Å². The number of aryl methyl sites for hydroxylation is 1. The van der Waals surface area contributed by atoms with Crippen molar-refractivity contribution < 1.29 is 19.4 Å². The maximum absolute atomic E-state index is 10.4. The van der Waals surface area contributed by atoms with E-state index < -0.39 is 5.97 Å². The number of halogens is 1. The Morgan fingerprint density at radius 3 is 2.88 bits per heavy atom. The number of fused-ring (bicyclic) bond motifs is 1. The van der Waals surface area contributed by atoms with E-state index in [0.717, 1.165) is 28.0 Å². The van der Waals surface area contributed by atoms with Crippen LogP contribution in [0.15, 0.2) is 16.6 Å². The topological polar surface area (TPSA) is 55.8 Å². The molecule has 0 amide bonds. The van der Waals surface area contributed by atoms with Crippen LogP contribution in [0.3, 0.4) is 0 Å². The average Bonchev–Trinajstić information content (AvgIpc) is 2.28. The molecule has 92 valence electrons. The first-order valence-corrected chi connectivity index (χ1v) is 6.26. The monoisotopic (exact) mass is 300 g/mol. The first kappa shape index (κ1) is 12.2. The zero-order valence-corrected chi connectivity index (χ0v) is 10.8. The van der Waals surface area contributed by atoms with Crippen molar-refractivity contribution in [3.8, 4) is 11.5 Å². The van der Waals surface area contributed by atoms with Crippen molar-refractivity contribution in [2.45, 2.75) is 19.3 Å². The number of carboxylic acids is 1. The lowest BCUT2D eigenvalue weighted by molar-refractivity contribution is -0.137. The molecule has 0 saturated heterocycles. The predicted molar refractivity (Wildman–Crippen MR) is 65.7 cm³/mol. The molecule has 1 heterocycles. The zero-order valence-electron chi connectivity index (χ0n) is 9.24. The lowest BCUT2D eigenvalue weighted by Gasteiger charge is -2.20. The quantitative estimate of drug-likeness (QED) is 0.929. The highest BCUT2D eigenvalue weighted by Gasteiger charge is 2.16. The fourth-order valence-electron chi connectivity index (χ4n) is 1.75. The Balaban J connectivity index is 2.08. The summed E-state index contributed by atoms with van der Waals surface area (Å²) in [7, 11) is 0. The average molecular weight is 301 g/mol. The standard InChI is InChI=1S/C12H13BrO4/c13-9-6-8(2-1-3-11(14)15)7-10-12(9)17-5-4-16-10/h6-7H,1-5H2,(H,14,15). The molecule has 1 aromatic rings. The Morgan fingerprint density at radius 2 is 2.12 bits per heavy atom. The van der Waals surface area contributed by atoms with Crippen molar-refractivity contribution in [3.63, 3.8) is 0 Å². The second kappa shape index (κ2) is 5.40. The van der Waals surface area contributed by atoms with Crippen LogP contribution in [-0.4, -0.2) is 24.3 Å². The minimum absolute atomic E-state index is 0.187. The Labute approximate surface area is 108 Å². The number of rotatable bonds is 4. The normalized spacial score (nSPS) is 13.5. The molecule has 2 rings (SSSR count). The third kappa shape index (κ3) is 3.12. The van der Waals surface area contributed by atoms with Gasteiger partial charge in [-0.05, 0) is 46.5 Å². The molecule has 1 aliphatic heterocycles. The number of benzene rings is 1. The van der Waals surface area contributed by atoms with Crippen molar-refractivity contribution >= 4 is 21.9 Å². The molecule has 0 bridgehead atoms. The van der Waals surface area contributed by atoms with E-state index >= 15 is 0 Å². The van der Waals surface area contributed by atoms with Gasteiger partial charge in [0.05, 0.1) is 4.47 Å². The summed E-state index contributed by atoms with van der Waals surface area (Å²) in [6, 6.07) is 3.87. The SMILES string of the molecule is O=C(O)CCCc1cc(Br)c2c(c1)OCCO2. The lowest BCUT2D eigenvalue weighted by Crippen LogP contribution is -2.15. The Hall–Kier alpha value is -1.23. The number of carboxylic acid groups (broad SMARTS) is 1. The maximum Gasteiger partial charge on any atom is 0.303 e. The van der Waals surface area contributed by atoms with Crippen LogP contribution in [-0.2, 0) is 11.2 Å². The smallest absolute Gasteiger partial charge is 0.303 e. The van der Waals surface area contributed by atoms with Gasteiger partial charge < -0.3 is 14.6 Å². The first-order valence-electron chi connectivity index (χ1n) is 5.46. The zero-order chi connectivity index (χ0) is 12.3. The summed E-state index contributed by atoms with van der Waals surface area (Å²) in [4.78, 5) is 10.4. The van der Waals surface area contributed by atoms with Crippen molar-refractivity contribution in [1.29, 1.82) is 0 Å². The molecule has 1 aromatic carbocycles. The van der Waals surface area contributed by atoms with E-state index in [-0.39, 0.29) is 6.42 Å². The number of hydrogen-bond donors (Lipinski definition) is 1. The highest BCUT2D eigenvalue weighted by molar-refractivity contribution is 9.10. The van der Waals surface area contributed by atoms with Gasteiger partial charge in [0.25, 0.3) is 0 Å². The summed E-state index contributed by atoms with van der Waals surface area (Å²) in [5.41, 5.74) is 1.06. The Morgan fingerprint density at radius 1 is 1.35 bits per heavy atom. The van der Waals surface area contributed by atoms with Gasteiger partial charge >= 0.3 is 5.97 Å². The van der Waals surface area contributed by atoms with Gasteiger partial charge in [-0.2, -0.15) is 0 Å². The molecular formula is C12H13BrO4. The molecule has 1 N–H and O–H groups in total. The molecule has 0 spiro atoms. The molecule has 0 unspecified atom stereocenters. The number of hydrogen-bond acceptors (Lipinski definition) is 3. The summed E-state index contributed by atoms with van der Waals surface area (Å²) in [5.74, 6) is 0.704. The van der Waals surface area contributed by atoms with Crippen molar-refractivity contribution in [2.24, 2.45) is 0 Å². The lowest BCUT2D eigenvalue weighted by atomic mass is 10.1. The van der Waals surface area contributed by atoms with Gasteiger partial charge in [0.1, 0.15) is 13.2 Å². The first-order chi connectivity index (χ1) is 8.16. The molecule has 0 aliphatic carbocycles. The highest BCUT2D eigenvalue weighted by atomic mass is 79.9. The number of ether oxygens (including phenoxy) is 2. The molecule has 4 nitrogen and oxygen atoms in total. The maximum atomic E-state index is 10.4. The summed E-state index contributed by atoms with van der Waals surface area (Å²) < 4.78 is 11.8. The van der Waals surface area contributed by atoms with Crippen LogP contribution in [0.1, 0.15) is 18.4 Å². The van der Waals surface area contributed by atoms with E-state index in [4.69, 9.17) is 14.6 Å². The Bertz CT molecular complexity index is 431. The van der Waals surface area contributed by atoms with Crippen LogP contribution in [0.5, 0.6) is 11.5 Å². The van der Waals surface area contributed by atoms with Crippen LogP contribution in [0, 0.1) is 0 Å². The fourth-order valence-corrected chi connectivity index (χ4v) is 2.36. The third-order valence-corrected chi connectivity index (χ3v) is 3.10. The summed E-state index contributed by atoms with van der Waals surface area (Å²) in [6.07, 6.45) is 1.54. The van der Waals surface area contributed by atoms with E-state index in [1.54, 1.807) is 0 Å². The van der Waals surface area contributed by atoms with E-state index in [9.17, 15) is 4.79 Å². The summed E-state index contributed by atoms with van der Waals surface area (Å²) in [6.45, 7) is 1.11. The van der Waals surface area contributed by atoms with E-state index in [1.807, 2.05) is 12.1 Å². The van der Waals surface area contributed by atoms with Crippen LogP contribution >= 0.6 is 15.9 Å². The molecule has 0 atom stereocenters. The van der Waals surface area contributed by atoms with Crippen LogP contribution in [0.25, 0.3) is 0 Å². The van der Waals surface area contributed by atoms with Gasteiger partial charge in [-0.1, -0.05) is 0 Å². The van der Waals surface area contributed by atoms with Gasteiger partial charge in [-0.3, -0.25) is 4.79 Å². The van der Waals surface area contributed by atoms with E-state index in [0.29, 0.717) is 19.6 Å². The van der Waals surface area contributed by atoms with Gasteiger partial charge in [0, 0.05) is 6.42 Å². The number of carbonyl (C=O) groups is 1. The molecular weight excluding hydrogens is 288 g/mol. The fraction of sp³-hybridized carbons (Fsp3) is 0.417.